The van der Waals surface area contributed by atoms with Gasteiger partial charge in [0.05, 0.1) is 6.61 Å². The number of rotatable bonds is 1. The summed E-state index contributed by atoms with van der Waals surface area (Å²) in [4.78, 5) is 2.61. The number of nitrogens with one attached hydrogen (secondary N) is 1. The maximum absolute atomic E-state index is 5.73. The van der Waals surface area contributed by atoms with Crippen molar-refractivity contribution < 1.29 is 4.74 Å². The Balaban J connectivity index is 1.83. The molecule has 0 unspecified atom stereocenters. The highest BCUT2D eigenvalue weighted by molar-refractivity contribution is 5.37. The second-order valence-electron chi connectivity index (χ2n) is 4.83. The van der Waals surface area contributed by atoms with Gasteiger partial charge in [0, 0.05) is 37.7 Å². The first kappa shape index (κ1) is 11.1. The van der Waals surface area contributed by atoms with E-state index in [4.69, 9.17) is 4.74 Å². The minimum absolute atomic E-state index is 0.555. The molecule has 0 spiro atoms. The second kappa shape index (κ2) is 5.07. The SMILES string of the molecule is c1ccc2c(c1)OCC[C@H]2N1CCCNCC1. The lowest BCUT2D eigenvalue weighted by Gasteiger charge is -2.34. The summed E-state index contributed by atoms with van der Waals surface area (Å²) < 4.78 is 5.73. The molecule has 0 radical (unpaired) electrons. The third-order valence-corrected chi connectivity index (χ3v) is 3.74. The van der Waals surface area contributed by atoms with E-state index in [9.17, 15) is 0 Å². The van der Waals surface area contributed by atoms with Gasteiger partial charge in [-0.15, -0.1) is 0 Å². The monoisotopic (exact) mass is 232 g/mol. The summed E-state index contributed by atoms with van der Waals surface area (Å²) in [6.45, 7) is 5.47. The van der Waals surface area contributed by atoms with Crippen LogP contribution in [-0.2, 0) is 0 Å². The van der Waals surface area contributed by atoms with Crippen molar-refractivity contribution >= 4 is 0 Å². The molecule has 2 aliphatic rings. The van der Waals surface area contributed by atoms with Gasteiger partial charge in [-0.25, -0.2) is 0 Å². The van der Waals surface area contributed by atoms with E-state index in [2.05, 4.69) is 34.5 Å². The van der Waals surface area contributed by atoms with E-state index < -0.39 is 0 Å². The van der Waals surface area contributed by atoms with Crippen molar-refractivity contribution in [3.05, 3.63) is 29.8 Å². The fraction of sp³-hybridized carbons (Fsp3) is 0.571. The normalized spacial score (nSPS) is 25.8. The molecule has 2 heterocycles. The standard InChI is InChI=1S/C14H20N2O/c1-2-5-14-12(4-1)13(6-11-17-14)16-9-3-7-15-8-10-16/h1-2,4-5,13,15H,3,6-11H2/t13-/m1/s1. The molecule has 1 saturated heterocycles. The van der Waals surface area contributed by atoms with Crippen LogP contribution in [0.15, 0.2) is 24.3 Å². The zero-order valence-corrected chi connectivity index (χ0v) is 10.2. The zero-order chi connectivity index (χ0) is 11.5. The Hall–Kier alpha value is -1.06. The van der Waals surface area contributed by atoms with Gasteiger partial charge in [0.25, 0.3) is 0 Å². The first-order chi connectivity index (χ1) is 8.45. The summed E-state index contributed by atoms with van der Waals surface area (Å²) in [6.07, 6.45) is 2.37. The Labute approximate surface area is 103 Å². The summed E-state index contributed by atoms with van der Waals surface area (Å²) in [6, 6.07) is 9.05. The Kier molecular flexibility index (Phi) is 3.29. The second-order valence-corrected chi connectivity index (χ2v) is 4.83. The molecular weight excluding hydrogens is 212 g/mol. The molecule has 92 valence electrons. The quantitative estimate of drug-likeness (QED) is 0.799. The Morgan fingerprint density at radius 3 is 3.12 bits per heavy atom. The largest absolute Gasteiger partial charge is 0.493 e. The fourth-order valence-electron chi connectivity index (χ4n) is 2.88. The third kappa shape index (κ3) is 2.31. The highest BCUT2D eigenvalue weighted by atomic mass is 16.5. The van der Waals surface area contributed by atoms with Crippen LogP contribution in [0, 0.1) is 0 Å². The van der Waals surface area contributed by atoms with Crippen LogP contribution in [0.5, 0.6) is 5.75 Å². The molecule has 0 aromatic heterocycles. The maximum Gasteiger partial charge on any atom is 0.124 e. The Morgan fingerprint density at radius 1 is 1.18 bits per heavy atom. The lowest BCUT2D eigenvalue weighted by molar-refractivity contribution is 0.147. The van der Waals surface area contributed by atoms with Gasteiger partial charge in [0.15, 0.2) is 0 Å². The van der Waals surface area contributed by atoms with Gasteiger partial charge in [-0.1, -0.05) is 18.2 Å². The summed E-state index contributed by atoms with van der Waals surface area (Å²) in [7, 11) is 0. The molecule has 0 bridgehead atoms. The fourth-order valence-corrected chi connectivity index (χ4v) is 2.88. The van der Waals surface area contributed by atoms with Crippen LogP contribution in [0.3, 0.4) is 0 Å². The number of ether oxygens (including phenoxy) is 1. The van der Waals surface area contributed by atoms with Gasteiger partial charge < -0.3 is 10.1 Å². The summed E-state index contributed by atoms with van der Waals surface area (Å²) >= 11 is 0. The average molecular weight is 232 g/mol. The molecule has 3 rings (SSSR count). The van der Waals surface area contributed by atoms with Gasteiger partial charge in [0.1, 0.15) is 5.75 Å². The number of para-hydroxylation sites is 1. The maximum atomic E-state index is 5.73. The molecule has 1 aromatic rings. The number of fused-ring (bicyclic) bond motifs is 1. The van der Waals surface area contributed by atoms with E-state index >= 15 is 0 Å². The number of benzene rings is 1. The molecule has 1 atom stereocenters. The van der Waals surface area contributed by atoms with E-state index in [0.29, 0.717) is 6.04 Å². The summed E-state index contributed by atoms with van der Waals surface area (Å²) in [5, 5.41) is 3.47. The van der Waals surface area contributed by atoms with Crippen LogP contribution in [0.2, 0.25) is 0 Å². The van der Waals surface area contributed by atoms with E-state index in [0.717, 1.165) is 38.4 Å². The van der Waals surface area contributed by atoms with Gasteiger partial charge in [-0.05, 0) is 19.0 Å². The van der Waals surface area contributed by atoms with Crippen LogP contribution >= 0.6 is 0 Å². The van der Waals surface area contributed by atoms with E-state index in [1.165, 1.54) is 18.5 Å². The molecule has 17 heavy (non-hydrogen) atoms. The predicted octanol–water partition coefficient (Wildman–Crippen LogP) is 1.81. The molecule has 3 nitrogen and oxygen atoms in total. The van der Waals surface area contributed by atoms with Crippen molar-refractivity contribution in [2.75, 3.05) is 32.8 Å². The topological polar surface area (TPSA) is 24.5 Å². The van der Waals surface area contributed by atoms with Crippen molar-refractivity contribution in [3.8, 4) is 5.75 Å². The molecule has 1 N–H and O–H groups in total. The molecular formula is C14H20N2O. The van der Waals surface area contributed by atoms with Crippen LogP contribution in [-0.4, -0.2) is 37.7 Å². The van der Waals surface area contributed by atoms with Gasteiger partial charge in [0.2, 0.25) is 0 Å². The van der Waals surface area contributed by atoms with Crippen LogP contribution in [0.1, 0.15) is 24.4 Å². The lowest BCUT2D eigenvalue weighted by atomic mass is 9.99. The van der Waals surface area contributed by atoms with Crippen LogP contribution in [0.25, 0.3) is 0 Å². The van der Waals surface area contributed by atoms with Gasteiger partial charge in [-0.3, -0.25) is 4.90 Å². The zero-order valence-electron chi connectivity index (χ0n) is 10.2. The Morgan fingerprint density at radius 2 is 2.12 bits per heavy atom. The Bertz CT molecular complexity index is 372. The third-order valence-electron chi connectivity index (χ3n) is 3.74. The van der Waals surface area contributed by atoms with Crippen molar-refractivity contribution in [2.45, 2.75) is 18.9 Å². The van der Waals surface area contributed by atoms with Crippen molar-refractivity contribution in [3.63, 3.8) is 0 Å². The number of hydrogen-bond donors (Lipinski definition) is 1. The first-order valence-corrected chi connectivity index (χ1v) is 6.61. The summed E-state index contributed by atoms with van der Waals surface area (Å²) in [5.74, 6) is 1.08. The average Bonchev–Trinajstić information content (AvgIpc) is 2.67. The van der Waals surface area contributed by atoms with Crippen molar-refractivity contribution in [1.82, 2.24) is 10.2 Å². The first-order valence-electron chi connectivity index (χ1n) is 6.61. The minimum atomic E-state index is 0.555. The molecule has 1 fully saturated rings. The molecule has 1 aromatic carbocycles. The van der Waals surface area contributed by atoms with Crippen molar-refractivity contribution in [1.29, 1.82) is 0 Å². The highest BCUT2D eigenvalue weighted by Crippen LogP contribution is 2.35. The predicted molar refractivity (Wildman–Crippen MR) is 68.4 cm³/mol. The molecule has 3 heteroatoms. The van der Waals surface area contributed by atoms with E-state index in [1.807, 2.05) is 0 Å². The number of nitrogens with zero attached hydrogens (tertiary/aromatic N) is 1. The van der Waals surface area contributed by atoms with Crippen LogP contribution in [0.4, 0.5) is 0 Å². The minimum Gasteiger partial charge on any atom is -0.493 e. The molecule has 0 amide bonds. The highest BCUT2D eigenvalue weighted by Gasteiger charge is 2.26. The lowest BCUT2D eigenvalue weighted by Crippen LogP contribution is -2.35. The summed E-state index contributed by atoms with van der Waals surface area (Å²) in [5.41, 5.74) is 1.38. The molecule has 0 saturated carbocycles. The molecule has 0 aliphatic carbocycles. The van der Waals surface area contributed by atoms with E-state index in [1.54, 1.807) is 0 Å². The molecule has 2 aliphatic heterocycles. The van der Waals surface area contributed by atoms with E-state index in [-0.39, 0.29) is 0 Å². The van der Waals surface area contributed by atoms with Crippen molar-refractivity contribution in [2.24, 2.45) is 0 Å². The number of hydrogen-bond acceptors (Lipinski definition) is 3. The van der Waals surface area contributed by atoms with Gasteiger partial charge >= 0.3 is 0 Å². The smallest absolute Gasteiger partial charge is 0.124 e. The van der Waals surface area contributed by atoms with Gasteiger partial charge in [-0.2, -0.15) is 0 Å². The van der Waals surface area contributed by atoms with Crippen LogP contribution < -0.4 is 10.1 Å².